The summed E-state index contributed by atoms with van der Waals surface area (Å²) in [6.07, 6.45) is 5.39. The van der Waals surface area contributed by atoms with Crippen LogP contribution in [0.4, 0.5) is 4.79 Å². The number of ether oxygens (including phenoxy) is 1. The zero-order chi connectivity index (χ0) is 14.1. The molecule has 0 bridgehead atoms. The van der Waals surface area contributed by atoms with Gasteiger partial charge in [-0.2, -0.15) is 0 Å². The lowest BCUT2D eigenvalue weighted by atomic mass is 9.97. The maximum atomic E-state index is 12.6. The molecular formula is C15H24N2O3. The van der Waals surface area contributed by atoms with Crippen molar-refractivity contribution in [2.45, 2.75) is 32.1 Å². The molecule has 0 spiro atoms. The zero-order valence-corrected chi connectivity index (χ0v) is 12.2. The molecule has 5 heteroatoms. The SMILES string of the molecule is COC(=O)N1CCCC(C(=O)N2CC3CCCC3C2)C1. The quantitative estimate of drug-likeness (QED) is 0.735. The van der Waals surface area contributed by atoms with Crippen LogP contribution in [-0.2, 0) is 9.53 Å². The number of nitrogens with zero attached hydrogens (tertiary/aromatic N) is 2. The predicted molar refractivity (Wildman–Crippen MR) is 74.1 cm³/mol. The van der Waals surface area contributed by atoms with Crippen molar-refractivity contribution < 1.29 is 14.3 Å². The van der Waals surface area contributed by atoms with Crippen LogP contribution in [0, 0.1) is 17.8 Å². The van der Waals surface area contributed by atoms with E-state index in [0.29, 0.717) is 13.1 Å². The van der Waals surface area contributed by atoms with E-state index in [4.69, 9.17) is 4.74 Å². The minimum Gasteiger partial charge on any atom is -0.453 e. The fraction of sp³-hybridized carbons (Fsp3) is 0.867. The molecule has 0 radical (unpaired) electrons. The Morgan fingerprint density at radius 1 is 0.950 bits per heavy atom. The van der Waals surface area contributed by atoms with Crippen LogP contribution in [0.2, 0.25) is 0 Å². The topological polar surface area (TPSA) is 49.9 Å². The van der Waals surface area contributed by atoms with Gasteiger partial charge in [0.05, 0.1) is 13.0 Å². The van der Waals surface area contributed by atoms with E-state index in [-0.39, 0.29) is 17.9 Å². The summed E-state index contributed by atoms with van der Waals surface area (Å²) in [5, 5.41) is 0. The summed E-state index contributed by atoms with van der Waals surface area (Å²) >= 11 is 0. The predicted octanol–water partition coefficient (Wildman–Crippen LogP) is 1.72. The molecule has 1 saturated carbocycles. The van der Waals surface area contributed by atoms with E-state index in [9.17, 15) is 9.59 Å². The number of carbonyl (C=O) groups excluding carboxylic acids is 2. The summed E-state index contributed by atoms with van der Waals surface area (Å²) < 4.78 is 4.77. The highest BCUT2D eigenvalue weighted by atomic mass is 16.5. The molecule has 0 aromatic heterocycles. The minimum atomic E-state index is -0.305. The molecule has 2 amide bonds. The van der Waals surface area contributed by atoms with Gasteiger partial charge in [-0.15, -0.1) is 0 Å². The third kappa shape index (κ3) is 2.50. The number of hydrogen-bond acceptors (Lipinski definition) is 3. The van der Waals surface area contributed by atoms with E-state index in [1.54, 1.807) is 4.90 Å². The first kappa shape index (κ1) is 13.7. The van der Waals surface area contributed by atoms with Crippen molar-refractivity contribution in [2.24, 2.45) is 17.8 Å². The fourth-order valence-electron chi connectivity index (χ4n) is 4.15. The summed E-state index contributed by atoms with van der Waals surface area (Å²) in [6, 6.07) is 0. The second-order valence-electron chi connectivity index (χ2n) is 6.45. The Hall–Kier alpha value is -1.26. The number of likely N-dealkylation sites (tertiary alicyclic amines) is 2. The van der Waals surface area contributed by atoms with Crippen molar-refractivity contribution >= 4 is 12.0 Å². The molecule has 5 nitrogen and oxygen atoms in total. The molecule has 2 heterocycles. The van der Waals surface area contributed by atoms with Crippen molar-refractivity contribution in [2.75, 3.05) is 33.3 Å². The molecule has 3 unspecified atom stereocenters. The summed E-state index contributed by atoms with van der Waals surface area (Å²) in [4.78, 5) is 28.0. The van der Waals surface area contributed by atoms with Gasteiger partial charge in [0.2, 0.25) is 5.91 Å². The van der Waals surface area contributed by atoms with Crippen LogP contribution >= 0.6 is 0 Å². The number of hydrogen-bond donors (Lipinski definition) is 0. The third-order valence-electron chi connectivity index (χ3n) is 5.24. The molecule has 0 aromatic rings. The normalized spacial score (nSPS) is 33.1. The first-order chi connectivity index (χ1) is 9.69. The van der Waals surface area contributed by atoms with Crippen LogP contribution in [0.25, 0.3) is 0 Å². The van der Waals surface area contributed by atoms with Crippen molar-refractivity contribution in [1.82, 2.24) is 9.80 Å². The Morgan fingerprint density at radius 2 is 1.65 bits per heavy atom. The molecule has 3 fully saturated rings. The smallest absolute Gasteiger partial charge is 0.409 e. The molecule has 2 aliphatic heterocycles. The molecule has 0 N–H and O–H groups in total. The van der Waals surface area contributed by atoms with Gasteiger partial charge in [0.25, 0.3) is 0 Å². The van der Waals surface area contributed by atoms with Crippen molar-refractivity contribution in [3.63, 3.8) is 0 Å². The van der Waals surface area contributed by atoms with Gasteiger partial charge >= 0.3 is 6.09 Å². The Labute approximate surface area is 120 Å². The van der Waals surface area contributed by atoms with Crippen LogP contribution < -0.4 is 0 Å². The average Bonchev–Trinajstić information content (AvgIpc) is 3.07. The van der Waals surface area contributed by atoms with Gasteiger partial charge < -0.3 is 14.5 Å². The highest BCUT2D eigenvalue weighted by molar-refractivity contribution is 5.80. The number of rotatable bonds is 1. The Morgan fingerprint density at radius 3 is 2.30 bits per heavy atom. The van der Waals surface area contributed by atoms with Gasteiger partial charge in [-0.3, -0.25) is 4.79 Å². The van der Waals surface area contributed by atoms with E-state index in [2.05, 4.69) is 4.90 Å². The molecule has 2 saturated heterocycles. The first-order valence-corrected chi connectivity index (χ1v) is 7.80. The number of carbonyl (C=O) groups is 2. The highest BCUT2D eigenvalue weighted by Crippen LogP contribution is 2.38. The third-order valence-corrected chi connectivity index (χ3v) is 5.24. The number of methoxy groups -OCH3 is 1. The van der Waals surface area contributed by atoms with Crippen LogP contribution in [0.1, 0.15) is 32.1 Å². The van der Waals surface area contributed by atoms with Crippen LogP contribution in [0.3, 0.4) is 0 Å². The molecular weight excluding hydrogens is 256 g/mol. The largest absolute Gasteiger partial charge is 0.453 e. The monoisotopic (exact) mass is 280 g/mol. The minimum absolute atomic E-state index is 0.0262. The van der Waals surface area contributed by atoms with E-state index >= 15 is 0 Å². The van der Waals surface area contributed by atoms with Crippen molar-refractivity contribution in [3.05, 3.63) is 0 Å². The van der Waals surface area contributed by atoms with Crippen LogP contribution in [-0.4, -0.2) is 55.1 Å². The Kier molecular flexibility index (Phi) is 3.85. The number of amides is 2. The second-order valence-corrected chi connectivity index (χ2v) is 6.45. The van der Waals surface area contributed by atoms with Crippen LogP contribution in [0.15, 0.2) is 0 Å². The maximum Gasteiger partial charge on any atom is 0.409 e. The lowest BCUT2D eigenvalue weighted by Crippen LogP contribution is -2.46. The van der Waals surface area contributed by atoms with Gasteiger partial charge in [-0.1, -0.05) is 6.42 Å². The summed E-state index contributed by atoms with van der Waals surface area (Å²) in [7, 11) is 1.40. The number of piperidine rings is 1. The molecule has 3 atom stereocenters. The maximum absolute atomic E-state index is 12.6. The first-order valence-electron chi connectivity index (χ1n) is 7.80. The van der Waals surface area contributed by atoms with Crippen molar-refractivity contribution in [3.8, 4) is 0 Å². The number of fused-ring (bicyclic) bond motifs is 1. The lowest BCUT2D eigenvalue weighted by Gasteiger charge is -2.33. The van der Waals surface area contributed by atoms with Gasteiger partial charge in [-0.05, 0) is 37.5 Å². The Balaban J connectivity index is 1.58. The fourth-order valence-corrected chi connectivity index (χ4v) is 4.15. The summed E-state index contributed by atoms with van der Waals surface area (Å²) in [5.74, 6) is 1.70. The molecule has 3 aliphatic rings. The molecule has 3 rings (SSSR count). The van der Waals surface area contributed by atoms with Gasteiger partial charge in [-0.25, -0.2) is 4.79 Å². The summed E-state index contributed by atoms with van der Waals surface area (Å²) in [5.41, 5.74) is 0. The standard InChI is InChI=1S/C15H24N2O3/c1-20-15(19)16-7-3-6-13(10-16)14(18)17-8-11-4-2-5-12(11)9-17/h11-13H,2-10H2,1H3. The molecule has 112 valence electrons. The molecule has 0 aromatic carbocycles. The molecule has 20 heavy (non-hydrogen) atoms. The van der Waals surface area contributed by atoms with E-state index in [1.165, 1.54) is 26.4 Å². The van der Waals surface area contributed by atoms with E-state index in [0.717, 1.165) is 37.8 Å². The van der Waals surface area contributed by atoms with Gasteiger partial charge in [0, 0.05) is 26.2 Å². The van der Waals surface area contributed by atoms with Crippen LogP contribution in [0.5, 0.6) is 0 Å². The van der Waals surface area contributed by atoms with Gasteiger partial charge in [0.15, 0.2) is 0 Å². The van der Waals surface area contributed by atoms with E-state index < -0.39 is 0 Å². The van der Waals surface area contributed by atoms with Gasteiger partial charge in [0.1, 0.15) is 0 Å². The van der Waals surface area contributed by atoms with Crippen molar-refractivity contribution in [1.29, 1.82) is 0 Å². The van der Waals surface area contributed by atoms with E-state index in [1.807, 2.05) is 0 Å². The zero-order valence-electron chi connectivity index (χ0n) is 12.2. The summed E-state index contributed by atoms with van der Waals surface area (Å²) in [6.45, 7) is 3.12. The average molecular weight is 280 g/mol. The molecule has 1 aliphatic carbocycles. The highest BCUT2D eigenvalue weighted by Gasteiger charge is 2.40. The Bertz CT molecular complexity index is 387. The lowest BCUT2D eigenvalue weighted by molar-refractivity contribution is -0.136. The second kappa shape index (κ2) is 5.62.